The summed E-state index contributed by atoms with van der Waals surface area (Å²) in [5.41, 5.74) is 2.83. The van der Waals surface area contributed by atoms with Gasteiger partial charge in [0.05, 0.1) is 0 Å². The van der Waals surface area contributed by atoms with Crippen molar-refractivity contribution in [2.45, 2.75) is 13.8 Å². The van der Waals surface area contributed by atoms with Crippen molar-refractivity contribution >= 4 is 12.9 Å². The van der Waals surface area contributed by atoms with E-state index in [1.165, 1.54) is 5.56 Å². The van der Waals surface area contributed by atoms with Crippen LogP contribution >= 0.6 is 0 Å². The van der Waals surface area contributed by atoms with E-state index in [0.29, 0.717) is 5.69 Å². The summed E-state index contributed by atoms with van der Waals surface area (Å²) in [6.45, 7) is 3.93. The smallest absolute Gasteiger partial charge is 0.418 e. The number of nitrogens with zero attached hydrogens (tertiary/aromatic N) is 2. The fraction of sp³-hybridized carbons (Fsp3) is 0.250. The maximum atomic E-state index is 9.75. The van der Waals surface area contributed by atoms with Crippen molar-refractivity contribution in [3.05, 3.63) is 34.3 Å². The van der Waals surface area contributed by atoms with Crippen LogP contribution in [0.2, 0.25) is 0 Å². The molecule has 1 aromatic rings. The van der Waals surface area contributed by atoms with Crippen molar-refractivity contribution in [1.29, 1.82) is 5.39 Å². The van der Waals surface area contributed by atoms with Crippen LogP contribution in [0.15, 0.2) is 18.2 Å². The Bertz CT molecular complexity index is 364. The third-order valence-electron chi connectivity index (χ3n) is 1.46. The monoisotopic (exact) mass is 220 g/mol. The minimum Gasteiger partial charge on any atom is -0.418 e. The van der Waals surface area contributed by atoms with Crippen molar-refractivity contribution in [1.82, 2.24) is 0 Å². The molecule has 0 fully saturated rings. The Morgan fingerprint density at radius 2 is 1.60 bits per heavy atom. The quantitative estimate of drug-likeness (QED) is 0.367. The van der Waals surface area contributed by atoms with Gasteiger partial charge in [0.25, 0.3) is 0 Å². The Labute approximate surface area is 84.6 Å². The Hall–Kier alpha value is -1.58. The van der Waals surface area contributed by atoms with Gasteiger partial charge in [-0.3, -0.25) is 0 Å². The lowest BCUT2D eigenvalue weighted by atomic mass is 10.1. The van der Waals surface area contributed by atoms with Gasteiger partial charge in [0.1, 0.15) is 0 Å². The fourth-order valence-corrected chi connectivity index (χ4v) is 0.918. The van der Waals surface area contributed by atoms with Gasteiger partial charge >= 0.3 is 12.9 Å². The van der Waals surface area contributed by atoms with Crippen LogP contribution in [0, 0.1) is 19.2 Å². The molecule has 0 N–H and O–H groups in total. The zero-order chi connectivity index (χ0) is 12.1. The molecule has 0 aliphatic rings. The first-order valence-corrected chi connectivity index (χ1v) is 4.03. The predicted octanol–water partition coefficient (Wildman–Crippen LogP) is 4.09. The molecule has 0 heterocycles. The summed E-state index contributed by atoms with van der Waals surface area (Å²) < 4.78 is 39.0. The van der Waals surface area contributed by atoms with Crippen LogP contribution in [-0.4, -0.2) is 7.25 Å². The number of hydrogen-bond acceptors (Lipinski definition) is 1. The van der Waals surface area contributed by atoms with E-state index in [1.54, 1.807) is 6.07 Å². The summed E-state index contributed by atoms with van der Waals surface area (Å²) in [6.07, 6.45) is 0. The molecule has 1 rings (SSSR count). The molecule has 0 aliphatic heterocycles. The van der Waals surface area contributed by atoms with Crippen LogP contribution in [0.1, 0.15) is 11.1 Å². The van der Waals surface area contributed by atoms with Gasteiger partial charge in [-0.25, -0.2) is 0 Å². The van der Waals surface area contributed by atoms with Crippen molar-refractivity contribution in [2.24, 2.45) is 0 Å². The van der Waals surface area contributed by atoms with Gasteiger partial charge < -0.3 is 17.3 Å². The first-order valence-electron chi connectivity index (χ1n) is 4.03. The van der Waals surface area contributed by atoms with Crippen LogP contribution < -0.4 is 0 Å². The van der Waals surface area contributed by atoms with Gasteiger partial charge in [-0.1, -0.05) is 11.6 Å². The van der Waals surface area contributed by atoms with E-state index >= 15 is 0 Å². The van der Waals surface area contributed by atoms with Crippen molar-refractivity contribution in [3.8, 4) is 0 Å². The average Bonchev–Trinajstić information content (AvgIpc) is 2.01. The SMILES string of the molecule is Cc1ccc([N+]#N)c(C)c1.F[B-](F)(F)F. The molecule has 0 atom stereocenters. The highest BCUT2D eigenvalue weighted by Crippen LogP contribution is 2.18. The Balaban J connectivity index is 0.000000336. The minimum absolute atomic E-state index is 0.644. The molecule has 0 amide bonds. The predicted molar refractivity (Wildman–Crippen MR) is 50.8 cm³/mol. The summed E-state index contributed by atoms with van der Waals surface area (Å²) in [4.78, 5) is 3.11. The first kappa shape index (κ1) is 13.4. The standard InChI is InChI=1S/C8H9N2.BF4/c1-6-3-4-8(10-9)7(2)5-6;2-1(3,4)5/h3-5H,1-2H3;/q+1;-1. The highest BCUT2D eigenvalue weighted by molar-refractivity contribution is 6.50. The number of diazo groups is 1. The summed E-state index contributed by atoms with van der Waals surface area (Å²) in [5.74, 6) is 0. The van der Waals surface area contributed by atoms with Gasteiger partial charge in [0.15, 0.2) is 4.98 Å². The zero-order valence-corrected chi connectivity index (χ0v) is 8.22. The normalized spacial score (nSPS) is 9.93. The summed E-state index contributed by atoms with van der Waals surface area (Å²) >= 11 is 0. The zero-order valence-electron chi connectivity index (χ0n) is 8.22. The maximum absolute atomic E-state index is 9.75. The second-order valence-electron chi connectivity index (χ2n) is 2.88. The number of halogens is 4. The summed E-state index contributed by atoms with van der Waals surface area (Å²) in [5, 5.41) is 8.43. The molecule has 15 heavy (non-hydrogen) atoms. The second kappa shape index (κ2) is 5.34. The lowest BCUT2D eigenvalue weighted by molar-refractivity contribution is 0.368. The van der Waals surface area contributed by atoms with Crippen LogP contribution in [0.25, 0.3) is 4.98 Å². The van der Waals surface area contributed by atoms with E-state index in [2.05, 4.69) is 4.98 Å². The molecule has 1 aromatic carbocycles. The largest absolute Gasteiger partial charge is 0.673 e. The van der Waals surface area contributed by atoms with E-state index in [9.17, 15) is 17.3 Å². The number of hydrogen-bond donors (Lipinski definition) is 0. The Morgan fingerprint density at radius 1 is 1.13 bits per heavy atom. The molecule has 0 saturated carbocycles. The van der Waals surface area contributed by atoms with Crippen LogP contribution in [-0.2, 0) is 0 Å². The van der Waals surface area contributed by atoms with Crippen LogP contribution in [0.3, 0.4) is 0 Å². The third kappa shape index (κ3) is 7.49. The van der Waals surface area contributed by atoms with E-state index in [1.807, 2.05) is 26.0 Å². The lowest BCUT2D eigenvalue weighted by Crippen LogP contribution is -2.02. The van der Waals surface area contributed by atoms with Crippen molar-refractivity contribution < 1.29 is 17.3 Å². The Kier molecular flexibility index (Phi) is 4.78. The first-order chi connectivity index (χ1) is 6.74. The second-order valence-corrected chi connectivity index (χ2v) is 2.88. The molecular weight excluding hydrogens is 211 g/mol. The lowest BCUT2D eigenvalue weighted by Gasteiger charge is -1.94. The molecule has 0 aliphatic carbocycles. The van der Waals surface area contributed by atoms with Crippen molar-refractivity contribution in [3.63, 3.8) is 0 Å². The number of rotatable bonds is 0. The highest BCUT2D eigenvalue weighted by atomic mass is 19.5. The average molecular weight is 220 g/mol. The highest BCUT2D eigenvalue weighted by Gasteiger charge is 2.20. The molecule has 0 radical (unpaired) electrons. The molecule has 0 bridgehead atoms. The van der Waals surface area contributed by atoms with Crippen LogP contribution in [0.5, 0.6) is 0 Å². The number of benzene rings is 1. The van der Waals surface area contributed by atoms with E-state index in [0.717, 1.165) is 5.56 Å². The van der Waals surface area contributed by atoms with Crippen LogP contribution in [0.4, 0.5) is 23.0 Å². The summed E-state index contributed by atoms with van der Waals surface area (Å²) in [7, 11) is -6.00. The third-order valence-corrected chi connectivity index (χ3v) is 1.46. The van der Waals surface area contributed by atoms with Gasteiger partial charge in [0, 0.05) is 11.6 Å². The van der Waals surface area contributed by atoms with Gasteiger partial charge in [0.2, 0.25) is 5.39 Å². The molecule has 82 valence electrons. The molecule has 0 spiro atoms. The van der Waals surface area contributed by atoms with E-state index in [-0.39, 0.29) is 0 Å². The van der Waals surface area contributed by atoms with E-state index in [4.69, 9.17) is 5.39 Å². The maximum Gasteiger partial charge on any atom is 0.673 e. The van der Waals surface area contributed by atoms with E-state index < -0.39 is 7.25 Å². The van der Waals surface area contributed by atoms with Gasteiger partial charge in [-0.15, -0.1) is 0 Å². The number of aryl methyl sites for hydroxylation is 2. The van der Waals surface area contributed by atoms with Gasteiger partial charge in [-0.2, -0.15) is 0 Å². The molecule has 7 heteroatoms. The fourth-order valence-electron chi connectivity index (χ4n) is 0.918. The topological polar surface area (TPSA) is 28.1 Å². The molecule has 0 aromatic heterocycles. The molecule has 0 unspecified atom stereocenters. The molecule has 0 saturated heterocycles. The molecule has 2 nitrogen and oxygen atoms in total. The Morgan fingerprint density at radius 3 is 1.93 bits per heavy atom. The summed E-state index contributed by atoms with van der Waals surface area (Å²) in [6, 6.07) is 5.70. The minimum atomic E-state index is -6.00. The molecular formula is C8H9BF4N2. The van der Waals surface area contributed by atoms with Gasteiger partial charge in [-0.05, 0) is 19.9 Å². The van der Waals surface area contributed by atoms with Crippen molar-refractivity contribution in [2.75, 3.05) is 0 Å².